The third-order valence-corrected chi connectivity index (χ3v) is 6.77. The molecular weight excluding hydrogens is 222 g/mol. The van der Waals surface area contributed by atoms with E-state index in [2.05, 4.69) is 5.06 Å². The van der Waals surface area contributed by atoms with Gasteiger partial charge in [-0.1, -0.05) is 19.3 Å². The Kier molecular flexibility index (Phi) is 2.09. The summed E-state index contributed by atoms with van der Waals surface area (Å²) in [7, 11) is 0. The highest BCUT2D eigenvalue weighted by atomic mass is 16.9. The van der Waals surface area contributed by atoms with Crippen molar-refractivity contribution in [3.05, 3.63) is 0 Å². The van der Waals surface area contributed by atoms with Crippen LogP contribution in [0.2, 0.25) is 0 Å². The number of hydrogen-bond acceptors (Lipinski definition) is 2. The third kappa shape index (κ3) is 1.27. The zero-order chi connectivity index (χ0) is 11.7. The van der Waals surface area contributed by atoms with Gasteiger partial charge >= 0.3 is 0 Å². The molecule has 6 fully saturated rings. The highest BCUT2D eigenvalue weighted by molar-refractivity contribution is 5.11. The smallest absolute Gasteiger partial charge is 0.170 e. The number of hydrogen-bond donors (Lipinski definition) is 0. The predicted octanol–water partition coefficient (Wildman–Crippen LogP) is 3.72. The van der Waals surface area contributed by atoms with Crippen molar-refractivity contribution in [3.8, 4) is 0 Å². The molecule has 1 saturated heterocycles. The van der Waals surface area contributed by atoms with Gasteiger partial charge in [0.15, 0.2) is 5.72 Å². The Labute approximate surface area is 110 Å². The minimum Gasteiger partial charge on any atom is -0.271 e. The average molecular weight is 247 g/mol. The van der Waals surface area contributed by atoms with Crippen LogP contribution in [0.5, 0.6) is 0 Å². The molecule has 6 aliphatic rings. The first-order valence-electron chi connectivity index (χ1n) is 8.34. The minimum atomic E-state index is 0.259. The van der Waals surface area contributed by atoms with Crippen LogP contribution < -0.4 is 0 Å². The van der Waals surface area contributed by atoms with Crippen molar-refractivity contribution < 1.29 is 4.84 Å². The van der Waals surface area contributed by atoms with Crippen molar-refractivity contribution in [3.63, 3.8) is 0 Å². The molecule has 1 atom stereocenters. The molecule has 1 unspecified atom stereocenters. The van der Waals surface area contributed by atoms with E-state index in [1.807, 2.05) is 0 Å². The van der Waals surface area contributed by atoms with E-state index < -0.39 is 0 Å². The maximum Gasteiger partial charge on any atom is 0.170 e. The third-order valence-electron chi connectivity index (χ3n) is 6.77. The van der Waals surface area contributed by atoms with Crippen LogP contribution in [-0.4, -0.2) is 16.8 Å². The number of nitrogens with zero attached hydrogens (tertiary/aromatic N) is 1. The molecule has 1 spiro atoms. The van der Waals surface area contributed by atoms with Crippen LogP contribution >= 0.6 is 0 Å². The molecule has 0 aromatic carbocycles. The van der Waals surface area contributed by atoms with Crippen LogP contribution in [-0.2, 0) is 4.84 Å². The van der Waals surface area contributed by atoms with Crippen molar-refractivity contribution in [1.29, 1.82) is 0 Å². The van der Waals surface area contributed by atoms with Crippen molar-refractivity contribution in [1.82, 2.24) is 5.06 Å². The summed E-state index contributed by atoms with van der Waals surface area (Å²) in [5.74, 6) is 3.93. The van der Waals surface area contributed by atoms with Crippen LogP contribution in [0, 0.1) is 23.7 Å². The Morgan fingerprint density at radius 3 is 2.00 bits per heavy atom. The molecule has 0 aromatic rings. The average Bonchev–Trinajstić information content (AvgIpc) is 3.13. The summed E-state index contributed by atoms with van der Waals surface area (Å²) in [6.45, 7) is 0. The van der Waals surface area contributed by atoms with Gasteiger partial charge in [-0.05, 0) is 56.8 Å². The van der Waals surface area contributed by atoms with Gasteiger partial charge in [-0.2, -0.15) is 0 Å². The van der Waals surface area contributed by atoms with E-state index in [0.717, 1.165) is 29.7 Å². The summed E-state index contributed by atoms with van der Waals surface area (Å²) in [5, 5.41) is 2.51. The van der Waals surface area contributed by atoms with Crippen LogP contribution in [0.25, 0.3) is 0 Å². The first kappa shape index (κ1) is 10.7. The van der Waals surface area contributed by atoms with E-state index in [4.69, 9.17) is 4.84 Å². The first-order chi connectivity index (χ1) is 8.86. The van der Waals surface area contributed by atoms with Gasteiger partial charge in [-0.3, -0.25) is 4.84 Å². The fourth-order valence-corrected chi connectivity index (χ4v) is 6.18. The summed E-state index contributed by atoms with van der Waals surface area (Å²) < 4.78 is 0. The minimum absolute atomic E-state index is 0.259. The summed E-state index contributed by atoms with van der Waals surface area (Å²) in [6.07, 6.45) is 14.6. The number of hydroxylamine groups is 2. The zero-order valence-electron chi connectivity index (χ0n) is 11.3. The van der Waals surface area contributed by atoms with E-state index in [1.54, 1.807) is 6.42 Å². The van der Waals surface area contributed by atoms with Crippen LogP contribution in [0.4, 0.5) is 0 Å². The lowest BCUT2D eigenvalue weighted by Crippen LogP contribution is -2.53. The molecular formula is C16H25NO. The fraction of sp³-hybridized carbons (Fsp3) is 1.00. The van der Waals surface area contributed by atoms with Crippen LogP contribution in [0.15, 0.2) is 0 Å². The van der Waals surface area contributed by atoms with Crippen molar-refractivity contribution in [2.24, 2.45) is 23.7 Å². The highest BCUT2D eigenvalue weighted by Gasteiger charge is 2.71. The SMILES string of the molecule is C1CCC(N2OC23C2CC4CC(C2)CC3C4)CC1. The Bertz CT molecular complexity index is 332. The topological polar surface area (TPSA) is 15.5 Å². The summed E-state index contributed by atoms with van der Waals surface area (Å²) in [5.41, 5.74) is 0.259. The second-order valence-corrected chi connectivity index (χ2v) is 7.77. The van der Waals surface area contributed by atoms with Crippen molar-refractivity contribution in [2.45, 2.75) is 76.0 Å². The summed E-state index contributed by atoms with van der Waals surface area (Å²) in [6, 6.07) is 0.774. The zero-order valence-corrected chi connectivity index (χ0v) is 11.3. The summed E-state index contributed by atoms with van der Waals surface area (Å²) in [4.78, 5) is 6.35. The molecule has 1 heterocycles. The molecule has 4 bridgehead atoms. The maximum absolute atomic E-state index is 6.35. The second kappa shape index (κ2) is 3.52. The fourth-order valence-electron chi connectivity index (χ4n) is 6.18. The van der Waals surface area contributed by atoms with Gasteiger partial charge < -0.3 is 0 Å². The normalized spacial score (nSPS) is 58.3. The molecule has 0 N–H and O–H groups in total. The Morgan fingerprint density at radius 2 is 1.39 bits per heavy atom. The van der Waals surface area contributed by atoms with Crippen molar-refractivity contribution >= 4 is 0 Å². The van der Waals surface area contributed by atoms with Gasteiger partial charge in [0.25, 0.3) is 0 Å². The van der Waals surface area contributed by atoms with Gasteiger partial charge in [-0.15, -0.1) is 5.06 Å². The number of rotatable bonds is 1. The van der Waals surface area contributed by atoms with Gasteiger partial charge in [0, 0.05) is 17.9 Å². The van der Waals surface area contributed by atoms with E-state index in [-0.39, 0.29) is 5.72 Å². The second-order valence-electron chi connectivity index (χ2n) is 7.77. The molecule has 5 aliphatic carbocycles. The first-order valence-corrected chi connectivity index (χ1v) is 8.34. The monoisotopic (exact) mass is 247 g/mol. The van der Waals surface area contributed by atoms with E-state index >= 15 is 0 Å². The Balaban J connectivity index is 1.41. The lowest BCUT2D eigenvalue weighted by Gasteiger charge is -2.53. The lowest BCUT2D eigenvalue weighted by atomic mass is 9.53. The molecule has 18 heavy (non-hydrogen) atoms. The van der Waals surface area contributed by atoms with E-state index in [0.29, 0.717) is 0 Å². The van der Waals surface area contributed by atoms with E-state index in [1.165, 1.54) is 57.8 Å². The molecule has 5 saturated carbocycles. The molecule has 100 valence electrons. The molecule has 6 rings (SSSR count). The standard InChI is InChI=1S/C16H25NO/c1-2-4-15(5-3-1)17-16(18-17)13-7-11-6-12(9-13)10-14(16)8-11/h11-15H,1-10H2. The molecule has 2 nitrogen and oxygen atoms in total. The van der Waals surface area contributed by atoms with Crippen molar-refractivity contribution in [2.75, 3.05) is 0 Å². The van der Waals surface area contributed by atoms with E-state index in [9.17, 15) is 0 Å². The Hall–Kier alpha value is -0.0800. The molecule has 0 aromatic heterocycles. The van der Waals surface area contributed by atoms with Gasteiger partial charge in [0.1, 0.15) is 0 Å². The van der Waals surface area contributed by atoms with Gasteiger partial charge in [0.05, 0.1) is 0 Å². The van der Waals surface area contributed by atoms with Gasteiger partial charge in [-0.25, -0.2) is 0 Å². The quantitative estimate of drug-likeness (QED) is 0.656. The molecule has 0 amide bonds. The Morgan fingerprint density at radius 1 is 0.778 bits per heavy atom. The molecule has 0 radical (unpaired) electrons. The lowest BCUT2D eigenvalue weighted by molar-refractivity contribution is -0.0592. The predicted molar refractivity (Wildman–Crippen MR) is 69.6 cm³/mol. The largest absolute Gasteiger partial charge is 0.271 e. The molecule has 2 heteroatoms. The summed E-state index contributed by atoms with van der Waals surface area (Å²) >= 11 is 0. The van der Waals surface area contributed by atoms with Gasteiger partial charge in [0.2, 0.25) is 0 Å². The van der Waals surface area contributed by atoms with Crippen LogP contribution in [0.1, 0.15) is 64.2 Å². The highest BCUT2D eigenvalue weighted by Crippen LogP contribution is 2.67. The molecule has 1 aliphatic heterocycles. The maximum atomic E-state index is 6.35. The van der Waals surface area contributed by atoms with Crippen LogP contribution in [0.3, 0.4) is 0 Å².